The van der Waals surface area contributed by atoms with Crippen molar-refractivity contribution >= 4 is 0 Å². The summed E-state index contributed by atoms with van der Waals surface area (Å²) in [4.78, 5) is 2.66. The number of hydrogen-bond acceptors (Lipinski definition) is 5. The summed E-state index contributed by atoms with van der Waals surface area (Å²) >= 11 is 0. The van der Waals surface area contributed by atoms with Crippen molar-refractivity contribution in [2.45, 2.75) is 50.7 Å². The molecule has 16 heavy (non-hydrogen) atoms. The monoisotopic (exact) mass is 229 g/mol. The van der Waals surface area contributed by atoms with Gasteiger partial charge in [0, 0.05) is 4.91 Å². The summed E-state index contributed by atoms with van der Waals surface area (Å²) in [6.07, 6.45) is -1.44. The van der Waals surface area contributed by atoms with Gasteiger partial charge in [0.1, 0.15) is 12.2 Å². The highest BCUT2D eigenvalue weighted by molar-refractivity contribution is 5.00. The van der Waals surface area contributed by atoms with Crippen LogP contribution in [0.1, 0.15) is 20.8 Å². The number of nitrogens with zero attached hydrogens (tertiary/aromatic N) is 3. The summed E-state index contributed by atoms with van der Waals surface area (Å²) < 4.78 is 16.5. The van der Waals surface area contributed by atoms with Crippen molar-refractivity contribution in [3.05, 3.63) is 10.4 Å². The predicted octanol–water partition coefficient (Wildman–Crippen LogP) is 0.924. The van der Waals surface area contributed by atoms with Gasteiger partial charge in [-0.25, -0.2) is 0 Å². The lowest BCUT2D eigenvalue weighted by Crippen LogP contribution is -2.40. The normalized spacial score (nSPS) is 45.1. The zero-order chi connectivity index (χ0) is 12.0. The van der Waals surface area contributed by atoms with Gasteiger partial charge in [-0.15, -0.1) is 0 Å². The maximum atomic E-state index is 10.0. The number of aliphatic hydroxyl groups is 1. The largest absolute Gasteiger partial charge is 0.364 e. The molecule has 0 aromatic rings. The van der Waals surface area contributed by atoms with Gasteiger partial charge in [-0.05, 0) is 26.3 Å². The molecule has 2 saturated heterocycles. The lowest BCUT2D eigenvalue weighted by molar-refractivity contribution is -0.264. The van der Waals surface area contributed by atoms with Crippen molar-refractivity contribution in [1.82, 2.24) is 0 Å². The van der Waals surface area contributed by atoms with Gasteiger partial charge in [0.25, 0.3) is 0 Å². The smallest absolute Gasteiger partial charge is 0.192 e. The Labute approximate surface area is 92.9 Å². The fourth-order valence-electron chi connectivity index (χ4n) is 2.17. The number of rotatable bonds is 2. The molecule has 7 heteroatoms. The molecular weight excluding hydrogens is 214 g/mol. The first-order chi connectivity index (χ1) is 7.36. The average Bonchev–Trinajstić information content (AvgIpc) is 2.58. The van der Waals surface area contributed by atoms with Crippen LogP contribution in [0.25, 0.3) is 10.4 Å². The van der Waals surface area contributed by atoms with Crippen LogP contribution >= 0.6 is 0 Å². The second kappa shape index (κ2) is 3.58. The van der Waals surface area contributed by atoms with Crippen molar-refractivity contribution in [3.63, 3.8) is 0 Å². The molecule has 1 N–H and O–H groups in total. The Morgan fingerprint density at radius 3 is 2.62 bits per heavy atom. The molecule has 0 amide bonds. The number of hydrogen-bond donors (Lipinski definition) is 1. The first-order valence-corrected chi connectivity index (χ1v) is 5.12. The zero-order valence-electron chi connectivity index (χ0n) is 9.45. The van der Waals surface area contributed by atoms with Crippen LogP contribution in [-0.2, 0) is 14.2 Å². The third-order valence-corrected chi connectivity index (χ3v) is 2.74. The van der Waals surface area contributed by atoms with Gasteiger partial charge < -0.3 is 19.3 Å². The molecule has 2 unspecified atom stereocenters. The second-order valence-electron chi connectivity index (χ2n) is 4.65. The minimum atomic E-state index is -1.41. The molecule has 2 heterocycles. The molecule has 0 aliphatic carbocycles. The second-order valence-corrected chi connectivity index (χ2v) is 4.65. The van der Waals surface area contributed by atoms with Gasteiger partial charge >= 0.3 is 0 Å². The number of ether oxygens (including phenoxy) is 3. The Bertz CT molecular complexity index is 338. The fourth-order valence-corrected chi connectivity index (χ4v) is 2.17. The van der Waals surface area contributed by atoms with Crippen molar-refractivity contribution in [1.29, 1.82) is 0 Å². The Morgan fingerprint density at radius 1 is 1.31 bits per heavy atom. The van der Waals surface area contributed by atoms with E-state index in [1.807, 2.05) is 0 Å². The minimum absolute atomic E-state index is 0.118. The van der Waals surface area contributed by atoms with Crippen LogP contribution in [0.5, 0.6) is 0 Å². The van der Waals surface area contributed by atoms with Gasteiger partial charge in [-0.2, -0.15) is 0 Å². The van der Waals surface area contributed by atoms with E-state index in [0.29, 0.717) is 0 Å². The van der Waals surface area contributed by atoms with Gasteiger partial charge in [-0.1, -0.05) is 5.11 Å². The highest BCUT2D eigenvalue weighted by Gasteiger charge is 2.60. The quantitative estimate of drug-likeness (QED) is 0.432. The molecule has 0 radical (unpaired) electrons. The fraction of sp³-hybridized carbons (Fsp3) is 1.00. The topological polar surface area (TPSA) is 96.7 Å². The molecule has 2 rings (SSSR count). The molecule has 7 nitrogen and oxygen atoms in total. The van der Waals surface area contributed by atoms with Crippen LogP contribution in [0, 0.1) is 0 Å². The van der Waals surface area contributed by atoms with Crippen LogP contribution in [-0.4, -0.2) is 41.5 Å². The Balaban J connectivity index is 2.17. The predicted molar refractivity (Wildman–Crippen MR) is 53.3 cm³/mol. The lowest BCUT2D eigenvalue weighted by atomic mass is 10.1. The van der Waals surface area contributed by atoms with Gasteiger partial charge in [0.15, 0.2) is 11.6 Å². The molecule has 0 spiro atoms. The van der Waals surface area contributed by atoms with Gasteiger partial charge in [-0.3, -0.25) is 0 Å². The molecule has 0 aromatic heterocycles. The van der Waals surface area contributed by atoms with E-state index < -0.39 is 29.9 Å². The van der Waals surface area contributed by atoms with E-state index in [9.17, 15) is 5.11 Å². The molecule has 0 aromatic carbocycles. The average molecular weight is 229 g/mol. The Morgan fingerprint density at radius 2 is 2.00 bits per heavy atom. The molecule has 0 saturated carbocycles. The van der Waals surface area contributed by atoms with E-state index in [1.54, 1.807) is 13.8 Å². The maximum Gasteiger partial charge on any atom is 0.192 e. The SMILES string of the molecule is CC1(C)OC2[C@H](O1)[C@H](CN=[N+]=[N-])OC2(C)O. The summed E-state index contributed by atoms with van der Waals surface area (Å²) in [7, 11) is 0. The summed E-state index contributed by atoms with van der Waals surface area (Å²) in [5, 5.41) is 13.4. The first kappa shape index (κ1) is 11.6. The highest BCUT2D eigenvalue weighted by atomic mass is 16.8. The Hall–Kier alpha value is -0.850. The van der Waals surface area contributed by atoms with Crippen LogP contribution in [0.2, 0.25) is 0 Å². The third kappa shape index (κ3) is 1.88. The van der Waals surface area contributed by atoms with Crippen molar-refractivity contribution in [3.8, 4) is 0 Å². The van der Waals surface area contributed by atoms with Crippen molar-refractivity contribution in [2.75, 3.05) is 6.54 Å². The van der Waals surface area contributed by atoms with Crippen LogP contribution in [0.15, 0.2) is 5.11 Å². The van der Waals surface area contributed by atoms with Crippen LogP contribution in [0.4, 0.5) is 0 Å². The number of fused-ring (bicyclic) bond motifs is 1. The molecule has 90 valence electrons. The lowest BCUT2D eigenvalue weighted by Gasteiger charge is -2.26. The van der Waals surface area contributed by atoms with Crippen molar-refractivity contribution < 1.29 is 19.3 Å². The van der Waals surface area contributed by atoms with E-state index in [1.165, 1.54) is 6.92 Å². The van der Waals surface area contributed by atoms with E-state index in [2.05, 4.69) is 10.0 Å². The minimum Gasteiger partial charge on any atom is -0.364 e. The molecular formula is C9H15N3O4. The summed E-state index contributed by atoms with van der Waals surface area (Å²) in [6.45, 7) is 5.18. The van der Waals surface area contributed by atoms with Crippen molar-refractivity contribution in [2.24, 2.45) is 5.11 Å². The highest BCUT2D eigenvalue weighted by Crippen LogP contribution is 2.42. The molecule has 2 aliphatic heterocycles. The summed E-state index contributed by atoms with van der Waals surface area (Å²) in [5.41, 5.74) is 8.27. The number of azide groups is 1. The van der Waals surface area contributed by atoms with Gasteiger partial charge in [0.2, 0.25) is 0 Å². The molecule has 2 fully saturated rings. The summed E-state index contributed by atoms with van der Waals surface area (Å²) in [6, 6.07) is 0. The Kier molecular flexibility index (Phi) is 2.60. The standard InChI is InChI=1S/C9H15N3O4/c1-8(2)15-6-5(4-11-12-10)14-9(3,13)7(6)16-8/h5-7,13H,4H2,1-3H3/t5-,6+,7?,9?/m0/s1. The molecule has 2 aliphatic rings. The third-order valence-electron chi connectivity index (χ3n) is 2.74. The van der Waals surface area contributed by atoms with Crippen LogP contribution < -0.4 is 0 Å². The van der Waals surface area contributed by atoms with E-state index >= 15 is 0 Å². The van der Waals surface area contributed by atoms with E-state index in [-0.39, 0.29) is 6.54 Å². The molecule has 0 bridgehead atoms. The van der Waals surface area contributed by atoms with E-state index in [4.69, 9.17) is 19.7 Å². The summed E-state index contributed by atoms with van der Waals surface area (Å²) in [5.74, 6) is -2.16. The van der Waals surface area contributed by atoms with Crippen LogP contribution in [0.3, 0.4) is 0 Å². The first-order valence-electron chi connectivity index (χ1n) is 5.12. The van der Waals surface area contributed by atoms with Gasteiger partial charge in [0.05, 0.1) is 12.6 Å². The molecule has 4 atom stereocenters. The maximum absolute atomic E-state index is 10.0. The van der Waals surface area contributed by atoms with E-state index in [0.717, 1.165) is 0 Å². The zero-order valence-corrected chi connectivity index (χ0v) is 9.45.